The number of aromatic nitrogens is 2. The number of aryl methyl sites for hydroxylation is 1. The number of carbonyl (C=O) groups excluding carboxylic acids is 1. The average Bonchev–Trinajstić information content (AvgIpc) is 3.05. The molecule has 0 spiro atoms. The van der Waals surface area contributed by atoms with Crippen molar-refractivity contribution in [2.24, 2.45) is 0 Å². The van der Waals surface area contributed by atoms with Gasteiger partial charge in [0.2, 0.25) is 5.91 Å². The fourth-order valence-electron chi connectivity index (χ4n) is 3.24. The van der Waals surface area contributed by atoms with Crippen molar-refractivity contribution in [1.82, 2.24) is 14.7 Å². The Morgan fingerprint density at radius 1 is 1.15 bits per heavy atom. The zero-order chi connectivity index (χ0) is 19.4. The summed E-state index contributed by atoms with van der Waals surface area (Å²) in [4.78, 5) is 27.8. The van der Waals surface area contributed by atoms with Crippen LogP contribution in [0.1, 0.15) is 29.5 Å². The van der Waals surface area contributed by atoms with Crippen molar-refractivity contribution in [2.45, 2.75) is 26.3 Å². The smallest absolute Gasteiger partial charge is 0.354 e. The molecule has 7 nitrogen and oxygen atoms in total. The number of aromatic carboxylic acids is 1. The third-order valence-electron chi connectivity index (χ3n) is 4.67. The normalized spacial score (nSPS) is 14.4. The number of hydrogen-bond acceptors (Lipinski definition) is 4. The van der Waals surface area contributed by atoms with Gasteiger partial charge in [-0.2, -0.15) is 5.10 Å². The Labute approximate surface area is 157 Å². The maximum Gasteiger partial charge on any atom is 0.354 e. The number of nitrogens with zero attached hydrogens (tertiary/aromatic N) is 4. The average molecular weight is 374 g/mol. The van der Waals surface area contributed by atoms with Crippen LogP contribution in [0.15, 0.2) is 30.3 Å². The zero-order valence-electron chi connectivity index (χ0n) is 15.3. The van der Waals surface area contributed by atoms with Crippen LogP contribution in [0.25, 0.3) is 0 Å². The first-order valence-corrected chi connectivity index (χ1v) is 9.06. The van der Waals surface area contributed by atoms with Crippen LogP contribution in [0, 0.1) is 5.82 Å². The van der Waals surface area contributed by atoms with E-state index in [9.17, 15) is 19.1 Å². The molecule has 1 saturated heterocycles. The van der Waals surface area contributed by atoms with Gasteiger partial charge in [0.05, 0.1) is 5.69 Å². The van der Waals surface area contributed by atoms with Crippen molar-refractivity contribution in [3.63, 3.8) is 0 Å². The number of halogens is 1. The maximum atomic E-state index is 13.0. The number of hydrogen-bond donors (Lipinski definition) is 1. The second-order valence-electron chi connectivity index (χ2n) is 6.58. The highest BCUT2D eigenvalue weighted by Crippen LogP contribution is 2.17. The van der Waals surface area contributed by atoms with Crippen molar-refractivity contribution in [1.29, 1.82) is 0 Å². The van der Waals surface area contributed by atoms with E-state index in [0.29, 0.717) is 38.3 Å². The van der Waals surface area contributed by atoms with E-state index in [1.807, 2.05) is 6.92 Å². The molecule has 144 valence electrons. The highest BCUT2D eigenvalue weighted by molar-refractivity contribution is 5.86. The molecular formula is C19H23FN4O3. The van der Waals surface area contributed by atoms with E-state index < -0.39 is 5.97 Å². The van der Waals surface area contributed by atoms with Crippen molar-refractivity contribution in [2.75, 3.05) is 31.1 Å². The first-order valence-electron chi connectivity index (χ1n) is 9.06. The summed E-state index contributed by atoms with van der Waals surface area (Å²) >= 11 is 0. The predicted octanol–water partition coefficient (Wildman–Crippen LogP) is 2.02. The lowest BCUT2D eigenvalue weighted by molar-refractivity contribution is -0.132. The summed E-state index contributed by atoms with van der Waals surface area (Å²) in [5.41, 5.74) is 1.65. The topological polar surface area (TPSA) is 78.7 Å². The Kier molecular flexibility index (Phi) is 5.73. The lowest BCUT2D eigenvalue weighted by Crippen LogP contribution is -2.49. The zero-order valence-corrected chi connectivity index (χ0v) is 15.3. The molecule has 27 heavy (non-hydrogen) atoms. The van der Waals surface area contributed by atoms with Gasteiger partial charge >= 0.3 is 5.97 Å². The van der Waals surface area contributed by atoms with Crippen LogP contribution in [-0.4, -0.2) is 57.8 Å². The molecule has 2 aromatic rings. The van der Waals surface area contributed by atoms with Gasteiger partial charge in [-0.05, 0) is 36.8 Å². The fraction of sp³-hybridized carbons (Fsp3) is 0.421. The Morgan fingerprint density at radius 2 is 1.81 bits per heavy atom. The van der Waals surface area contributed by atoms with Gasteiger partial charge in [0.1, 0.15) is 18.1 Å². The van der Waals surface area contributed by atoms with Gasteiger partial charge in [-0.25, -0.2) is 13.9 Å². The van der Waals surface area contributed by atoms with E-state index in [1.165, 1.54) is 22.9 Å². The summed E-state index contributed by atoms with van der Waals surface area (Å²) in [6.07, 6.45) is 1.53. The first-order chi connectivity index (χ1) is 13.0. The minimum atomic E-state index is -1.08. The Balaban J connectivity index is 1.61. The van der Waals surface area contributed by atoms with Gasteiger partial charge in [-0.15, -0.1) is 0 Å². The maximum absolute atomic E-state index is 13.0. The number of piperazine rings is 1. The standard InChI is InChI=1S/C19H23FN4O3/c1-2-3-15-12-17(19(26)27)24(21-15)13-18(25)23-10-8-22(9-11-23)16-6-4-14(20)5-7-16/h4-7,12H,2-3,8-11,13H2,1H3,(H,26,27). The number of carbonyl (C=O) groups is 2. The molecule has 1 aliphatic rings. The molecule has 2 heterocycles. The van der Waals surface area contributed by atoms with E-state index in [2.05, 4.69) is 10.00 Å². The number of benzene rings is 1. The summed E-state index contributed by atoms with van der Waals surface area (Å²) in [5.74, 6) is -1.51. The fourth-order valence-corrected chi connectivity index (χ4v) is 3.24. The number of anilines is 1. The van der Waals surface area contributed by atoms with Crippen LogP contribution in [-0.2, 0) is 17.8 Å². The van der Waals surface area contributed by atoms with Crippen LogP contribution in [0.5, 0.6) is 0 Å². The predicted molar refractivity (Wildman–Crippen MR) is 98.4 cm³/mol. The molecule has 1 N–H and O–H groups in total. The van der Waals surface area contributed by atoms with Crippen LogP contribution in [0.3, 0.4) is 0 Å². The van der Waals surface area contributed by atoms with Gasteiger partial charge in [-0.1, -0.05) is 13.3 Å². The summed E-state index contributed by atoms with van der Waals surface area (Å²) in [6, 6.07) is 7.83. The SMILES string of the molecule is CCCc1cc(C(=O)O)n(CC(=O)N2CCN(c3ccc(F)cc3)CC2)n1. The molecule has 0 aliphatic carbocycles. The molecule has 1 amide bonds. The second kappa shape index (κ2) is 8.20. The lowest BCUT2D eigenvalue weighted by Gasteiger charge is -2.36. The molecule has 0 unspecified atom stereocenters. The molecule has 0 radical (unpaired) electrons. The summed E-state index contributed by atoms with van der Waals surface area (Å²) in [7, 11) is 0. The molecule has 1 fully saturated rings. The third kappa shape index (κ3) is 4.45. The molecule has 0 saturated carbocycles. The Bertz CT molecular complexity index is 811. The molecular weight excluding hydrogens is 351 g/mol. The van der Waals surface area contributed by atoms with E-state index in [1.54, 1.807) is 17.0 Å². The number of rotatable bonds is 6. The quantitative estimate of drug-likeness (QED) is 0.837. The molecule has 1 aromatic heterocycles. The van der Waals surface area contributed by atoms with Crippen molar-refractivity contribution in [3.8, 4) is 0 Å². The monoisotopic (exact) mass is 374 g/mol. The van der Waals surface area contributed by atoms with Gasteiger partial charge in [0.25, 0.3) is 0 Å². The number of amides is 1. The van der Waals surface area contributed by atoms with E-state index >= 15 is 0 Å². The van der Waals surface area contributed by atoms with Gasteiger partial charge < -0.3 is 14.9 Å². The largest absolute Gasteiger partial charge is 0.477 e. The van der Waals surface area contributed by atoms with Crippen LogP contribution in [0.4, 0.5) is 10.1 Å². The van der Waals surface area contributed by atoms with Crippen molar-refractivity contribution >= 4 is 17.6 Å². The highest BCUT2D eigenvalue weighted by atomic mass is 19.1. The Morgan fingerprint density at radius 3 is 2.41 bits per heavy atom. The van der Waals surface area contributed by atoms with Gasteiger partial charge in [-0.3, -0.25) is 4.79 Å². The lowest BCUT2D eigenvalue weighted by atomic mass is 10.2. The highest BCUT2D eigenvalue weighted by Gasteiger charge is 2.23. The third-order valence-corrected chi connectivity index (χ3v) is 4.67. The first kappa shape index (κ1) is 18.9. The van der Waals surface area contributed by atoms with E-state index in [0.717, 1.165) is 12.1 Å². The van der Waals surface area contributed by atoms with Gasteiger partial charge in [0, 0.05) is 31.9 Å². The molecule has 0 atom stereocenters. The van der Waals surface area contributed by atoms with Crippen molar-refractivity contribution in [3.05, 3.63) is 47.5 Å². The minimum absolute atomic E-state index is 0.0387. The minimum Gasteiger partial charge on any atom is -0.477 e. The van der Waals surface area contributed by atoms with Crippen molar-refractivity contribution < 1.29 is 19.1 Å². The molecule has 0 bridgehead atoms. The Hall–Kier alpha value is -2.90. The molecule has 1 aliphatic heterocycles. The number of carboxylic acid groups (broad SMARTS) is 1. The summed E-state index contributed by atoms with van der Waals surface area (Å²) in [5, 5.41) is 13.6. The molecule has 1 aromatic carbocycles. The number of carboxylic acids is 1. The van der Waals surface area contributed by atoms with E-state index in [-0.39, 0.29) is 24.0 Å². The van der Waals surface area contributed by atoms with Crippen LogP contribution >= 0.6 is 0 Å². The van der Waals surface area contributed by atoms with Gasteiger partial charge in [0.15, 0.2) is 0 Å². The summed E-state index contributed by atoms with van der Waals surface area (Å²) < 4.78 is 14.3. The summed E-state index contributed by atoms with van der Waals surface area (Å²) in [6.45, 7) is 4.25. The molecule has 3 rings (SSSR count). The second-order valence-corrected chi connectivity index (χ2v) is 6.58. The van der Waals surface area contributed by atoms with Crippen LogP contribution < -0.4 is 4.90 Å². The molecule has 8 heteroatoms. The van der Waals surface area contributed by atoms with E-state index in [4.69, 9.17) is 0 Å². The van der Waals surface area contributed by atoms with Crippen LogP contribution in [0.2, 0.25) is 0 Å².